The van der Waals surface area contributed by atoms with Gasteiger partial charge in [-0.25, -0.2) is 4.98 Å². The van der Waals surface area contributed by atoms with Crippen LogP contribution in [0.15, 0.2) is 11.6 Å². The lowest BCUT2D eigenvalue weighted by Crippen LogP contribution is -2.26. The molecule has 1 atom stereocenters. The number of hydrogen-bond acceptors (Lipinski definition) is 4. The van der Waals surface area contributed by atoms with Crippen LogP contribution in [0.2, 0.25) is 0 Å². The lowest BCUT2D eigenvalue weighted by Gasteiger charge is -2.10. The van der Waals surface area contributed by atoms with Gasteiger partial charge in [-0.2, -0.15) is 0 Å². The molecule has 0 aliphatic heterocycles. The minimum absolute atomic E-state index is 0.214. The van der Waals surface area contributed by atoms with Crippen LogP contribution in [0.1, 0.15) is 24.8 Å². The number of thiazole rings is 1. The van der Waals surface area contributed by atoms with Crippen molar-refractivity contribution in [3.8, 4) is 0 Å². The normalized spacial score (nSPS) is 12.6. The number of carboxylic acid groups (broad SMARTS) is 1. The van der Waals surface area contributed by atoms with Crippen LogP contribution in [0.3, 0.4) is 0 Å². The first kappa shape index (κ1) is 11.1. The predicted octanol–water partition coefficient (Wildman–Crippen LogP) is 1.49. The van der Waals surface area contributed by atoms with Gasteiger partial charge >= 0.3 is 5.97 Å². The van der Waals surface area contributed by atoms with Crippen molar-refractivity contribution >= 4 is 17.3 Å². The van der Waals surface area contributed by atoms with Gasteiger partial charge in [-0.05, 0) is 13.3 Å². The van der Waals surface area contributed by atoms with Gasteiger partial charge in [-0.15, -0.1) is 11.3 Å². The minimum atomic E-state index is -0.743. The van der Waals surface area contributed by atoms with Gasteiger partial charge < -0.3 is 10.4 Å². The molecule has 0 amide bonds. The van der Waals surface area contributed by atoms with Crippen molar-refractivity contribution in [1.82, 2.24) is 10.3 Å². The third kappa shape index (κ3) is 4.34. The molecule has 78 valence electrons. The smallest absolute Gasteiger partial charge is 0.303 e. The molecule has 0 aliphatic carbocycles. The molecular formula is C9H14N2O2S. The molecule has 1 heterocycles. The zero-order valence-corrected chi connectivity index (χ0v) is 8.88. The average Bonchev–Trinajstić information content (AvgIpc) is 2.63. The summed E-state index contributed by atoms with van der Waals surface area (Å²) in [6.45, 7) is 2.70. The third-order valence-electron chi connectivity index (χ3n) is 1.88. The molecule has 0 spiro atoms. The summed E-state index contributed by atoms with van der Waals surface area (Å²) < 4.78 is 0. The first-order valence-corrected chi connectivity index (χ1v) is 5.40. The number of carboxylic acids is 1. The first-order valence-electron chi connectivity index (χ1n) is 4.52. The molecule has 1 unspecified atom stereocenters. The first-order chi connectivity index (χ1) is 6.68. The molecule has 0 saturated carbocycles. The van der Waals surface area contributed by atoms with Gasteiger partial charge in [-0.3, -0.25) is 4.79 Å². The Kier molecular flexibility index (Phi) is 4.55. The number of nitrogens with one attached hydrogen (secondary N) is 1. The summed E-state index contributed by atoms with van der Waals surface area (Å²) in [7, 11) is 0. The minimum Gasteiger partial charge on any atom is -0.481 e. The number of hydrogen-bond donors (Lipinski definition) is 2. The highest BCUT2D eigenvalue weighted by molar-refractivity contribution is 7.09. The van der Waals surface area contributed by atoms with Gasteiger partial charge in [0.25, 0.3) is 0 Å². The Hall–Kier alpha value is -0.940. The van der Waals surface area contributed by atoms with Crippen molar-refractivity contribution in [2.75, 3.05) is 0 Å². The van der Waals surface area contributed by atoms with E-state index in [0.29, 0.717) is 6.42 Å². The van der Waals surface area contributed by atoms with E-state index < -0.39 is 5.97 Å². The van der Waals surface area contributed by atoms with E-state index in [2.05, 4.69) is 10.3 Å². The van der Waals surface area contributed by atoms with E-state index in [1.807, 2.05) is 12.3 Å². The standard InChI is InChI=1S/C9H14N2O2S/c1-7(2-3-9(12)13)11-6-8-10-4-5-14-8/h4-5,7,11H,2-3,6H2,1H3,(H,12,13). The van der Waals surface area contributed by atoms with E-state index in [0.717, 1.165) is 11.6 Å². The van der Waals surface area contributed by atoms with Crippen LogP contribution in [0.5, 0.6) is 0 Å². The molecule has 0 bridgehead atoms. The second-order valence-corrected chi connectivity index (χ2v) is 4.12. The van der Waals surface area contributed by atoms with Crippen LogP contribution in [0.4, 0.5) is 0 Å². The Morgan fingerprint density at radius 3 is 3.14 bits per heavy atom. The summed E-state index contributed by atoms with van der Waals surface area (Å²) in [5.74, 6) is -0.743. The van der Waals surface area contributed by atoms with Gasteiger partial charge in [0.15, 0.2) is 0 Å². The molecular weight excluding hydrogens is 200 g/mol. The van der Waals surface area contributed by atoms with E-state index in [1.165, 1.54) is 0 Å². The van der Waals surface area contributed by atoms with Crippen LogP contribution in [0, 0.1) is 0 Å². The van der Waals surface area contributed by atoms with Crippen molar-refractivity contribution in [2.45, 2.75) is 32.4 Å². The average molecular weight is 214 g/mol. The van der Waals surface area contributed by atoms with E-state index in [9.17, 15) is 4.79 Å². The van der Waals surface area contributed by atoms with Crippen molar-refractivity contribution in [3.63, 3.8) is 0 Å². The maximum Gasteiger partial charge on any atom is 0.303 e. The summed E-state index contributed by atoms with van der Waals surface area (Å²) in [5.41, 5.74) is 0. The molecule has 1 rings (SSSR count). The van der Waals surface area contributed by atoms with Crippen molar-refractivity contribution in [1.29, 1.82) is 0 Å². The highest BCUT2D eigenvalue weighted by Crippen LogP contribution is 2.04. The van der Waals surface area contributed by atoms with Crippen molar-refractivity contribution in [2.24, 2.45) is 0 Å². The predicted molar refractivity (Wildman–Crippen MR) is 55.3 cm³/mol. The number of aromatic nitrogens is 1. The lowest BCUT2D eigenvalue weighted by molar-refractivity contribution is -0.137. The van der Waals surface area contributed by atoms with E-state index in [4.69, 9.17) is 5.11 Å². The van der Waals surface area contributed by atoms with Gasteiger partial charge in [0.1, 0.15) is 5.01 Å². The Morgan fingerprint density at radius 2 is 2.57 bits per heavy atom. The Bertz CT molecular complexity index is 274. The zero-order valence-electron chi connectivity index (χ0n) is 8.06. The second-order valence-electron chi connectivity index (χ2n) is 3.14. The SMILES string of the molecule is CC(CCC(=O)O)NCc1nccs1. The summed E-state index contributed by atoms with van der Waals surface area (Å²) in [5, 5.41) is 14.7. The summed E-state index contributed by atoms with van der Waals surface area (Å²) >= 11 is 1.60. The molecule has 2 N–H and O–H groups in total. The van der Waals surface area contributed by atoms with E-state index in [-0.39, 0.29) is 12.5 Å². The maximum absolute atomic E-state index is 10.3. The highest BCUT2D eigenvalue weighted by atomic mass is 32.1. The third-order valence-corrected chi connectivity index (χ3v) is 2.66. The molecule has 1 aromatic rings. The van der Waals surface area contributed by atoms with E-state index in [1.54, 1.807) is 17.5 Å². The summed E-state index contributed by atoms with van der Waals surface area (Å²) in [4.78, 5) is 14.4. The largest absolute Gasteiger partial charge is 0.481 e. The molecule has 4 nitrogen and oxygen atoms in total. The van der Waals surface area contributed by atoms with Gasteiger partial charge in [-0.1, -0.05) is 0 Å². The maximum atomic E-state index is 10.3. The van der Waals surface area contributed by atoms with Crippen LogP contribution in [-0.2, 0) is 11.3 Å². The second kappa shape index (κ2) is 5.72. The van der Waals surface area contributed by atoms with E-state index >= 15 is 0 Å². The number of aliphatic carboxylic acids is 1. The van der Waals surface area contributed by atoms with Gasteiger partial charge in [0, 0.05) is 30.6 Å². The molecule has 14 heavy (non-hydrogen) atoms. The molecule has 5 heteroatoms. The summed E-state index contributed by atoms with van der Waals surface area (Å²) in [6, 6.07) is 0.218. The fourth-order valence-electron chi connectivity index (χ4n) is 1.04. The molecule has 0 aliphatic rings. The van der Waals surface area contributed by atoms with Crippen molar-refractivity contribution < 1.29 is 9.90 Å². The summed E-state index contributed by atoms with van der Waals surface area (Å²) in [6.07, 6.45) is 2.64. The lowest BCUT2D eigenvalue weighted by atomic mass is 10.2. The molecule has 0 fully saturated rings. The molecule has 0 aromatic carbocycles. The van der Waals surface area contributed by atoms with Crippen LogP contribution >= 0.6 is 11.3 Å². The zero-order chi connectivity index (χ0) is 10.4. The quantitative estimate of drug-likeness (QED) is 0.753. The van der Waals surface area contributed by atoms with Gasteiger partial charge in [0.2, 0.25) is 0 Å². The fraction of sp³-hybridized carbons (Fsp3) is 0.556. The molecule has 0 saturated heterocycles. The Balaban J connectivity index is 2.15. The Morgan fingerprint density at radius 1 is 1.79 bits per heavy atom. The fourth-order valence-corrected chi connectivity index (χ4v) is 1.61. The topological polar surface area (TPSA) is 62.2 Å². The van der Waals surface area contributed by atoms with Crippen LogP contribution in [-0.4, -0.2) is 22.1 Å². The van der Waals surface area contributed by atoms with Crippen LogP contribution in [0.25, 0.3) is 0 Å². The Labute approximate surface area is 87.0 Å². The molecule has 0 radical (unpaired) electrons. The number of rotatable bonds is 6. The van der Waals surface area contributed by atoms with Crippen molar-refractivity contribution in [3.05, 3.63) is 16.6 Å². The van der Waals surface area contributed by atoms with Crippen LogP contribution < -0.4 is 5.32 Å². The number of nitrogens with zero attached hydrogens (tertiary/aromatic N) is 1. The molecule has 1 aromatic heterocycles. The highest BCUT2D eigenvalue weighted by Gasteiger charge is 2.05. The van der Waals surface area contributed by atoms with Gasteiger partial charge in [0.05, 0.1) is 0 Å². The monoisotopic (exact) mass is 214 g/mol. The number of carbonyl (C=O) groups is 1.